The van der Waals surface area contributed by atoms with Crippen LogP contribution >= 0.6 is 20.4 Å². The minimum Gasteiger partial charge on any atom is -0.294 e. The van der Waals surface area contributed by atoms with Crippen LogP contribution in [0.5, 0.6) is 0 Å². The molecule has 4 rings (SSSR count). The predicted octanol–water partition coefficient (Wildman–Crippen LogP) is 0.531. The van der Waals surface area contributed by atoms with Gasteiger partial charge in [-0.05, 0) is 34.5 Å². The second-order valence-corrected chi connectivity index (χ2v) is 11.6. The molecule has 2 bridgehead atoms. The smallest absolute Gasteiger partial charge is 0.0889 e. The molecule has 4 aliphatic heterocycles. The average Bonchev–Trinajstić information content (AvgIpc) is 2.85. The summed E-state index contributed by atoms with van der Waals surface area (Å²) >= 11 is 0. The van der Waals surface area contributed by atoms with Gasteiger partial charge in [-0.25, -0.2) is 5.01 Å². The highest BCUT2D eigenvalue weighted by molar-refractivity contribution is 8.40. The van der Waals surface area contributed by atoms with Crippen LogP contribution < -0.4 is 5.14 Å². The zero-order valence-electron chi connectivity index (χ0n) is 8.24. The second-order valence-electron chi connectivity index (χ2n) is 4.49. The Morgan fingerprint density at radius 3 is 1.85 bits per heavy atom. The summed E-state index contributed by atoms with van der Waals surface area (Å²) < 4.78 is 2.64. The summed E-state index contributed by atoms with van der Waals surface area (Å²) in [7, 11) is 1.26. The average molecular weight is 221 g/mol. The number of fused-ring (bicyclic) bond motifs is 3. The molecule has 4 fully saturated rings. The molecule has 5 heteroatoms. The Morgan fingerprint density at radius 1 is 1.00 bits per heavy atom. The second kappa shape index (κ2) is 2.58. The highest BCUT2D eigenvalue weighted by atomic mass is 32.3. The summed E-state index contributed by atoms with van der Waals surface area (Å²) in [5.41, 5.74) is 0. The molecule has 0 spiro atoms. The third-order valence-electron chi connectivity index (χ3n) is 3.68. The van der Waals surface area contributed by atoms with Gasteiger partial charge in [0, 0.05) is 7.05 Å². The molecule has 4 heterocycles. The molecule has 0 radical (unpaired) electrons. The molecule has 0 aromatic rings. The number of nitrogens with zero attached hydrogens (tertiary/aromatic N) is 2. The molecule has 0 saturated carbocycles. The third kappa shape index (κ3) is 1.25. The van der Waals surface area contributed by atoms with Crippen molar-refractivity contribution in [2.45, 2.75) is 0 Å². The van der Waals surface area contributed by atoms with Gasteiger partial charge in [-0.3, -0.25) is 5.14 Å². The van der Waals surface area contributed by atoms with Crippen molar-refractivity contribution in [3.63, 3.8) is 0 Å². The standard InChI is InChI=1S/C8H19N3S2/c1-10-8-11(10)13-5-2-12(9,3-6-13)4-7-13/h2-9H2,1H3. The van der Waals surface area contributed by atoms with Crippen molar-refractivity contribution in [3.8, 4) is 0 Å². The molecule has 2 N–H and O–H groups in total. The summed E-state index contributed by atoms with van der Waals surface area (Å²) in [5.74, 6) is 8.45. The van der Waals surface area contributed by atoms with E-state index < -0.39 is 10.2 Å². The predicted molar refractivity (Wildman–Crippen MR) is 63.0 cm³/mol. The molecule has 0 aromatic heterocycles. The van der Waals surface area contributed by atoms with Gasteiger partial charge in [0.2, 0.25) is 0 Å². The molecule has 78 valence electrons. The summed E-state index contributed by atoms with van der Waals surface area (Å²) in [6, 6.07) is 0. The maximum Gasteiger partial charge on any atom is 0.0889 e. The fourth-order valence-electron chi connectivity index (χ4n) is 2.46. The van der Waals surface area contributed by atoms with Gasteiger partial charge in [0.25, 0.3) is 0 Å². The molecule has 0 aromatic carbocycles. The number of hydrogen-bond donors (Lipinski definition) is 1. The highest BCUT2D eigenvalue weighted by Crippen LogP contribution is 2.68. The van der Waals surface area contributed by atoms with E-state index in [0.29, 0.717) is 0 Å². The lowest BCUT2D eigenvalue weighted by atomic mass is 10.9. The van der Waals surface area contributed by atoms with Crippen LogP contribution in [0, 0.1) is 0 Å². The van der Waals surface area contributed by atoms with Crippen molar-refractivity contribution < 1.29 is 0 Å². The van der Waals surface area contributed by atoms with Crippen LogP contribution in [-0.4, -0.2) is 57.7 Å². The first-order chi connectivity index (χ1) is 6.14. The van der Waals surface area contributed by atoms with Gasteiger partial charge in [0.1, 0.15) is 0 Å². The van der Waals surface area contributed by atoms with Crippen molar-refractivity contribution in [3.05, 3.63) is 0 Å². The van der Waals surface area contributed by atoms with Gasteiger partial charge in [0.15, 0.2) is 0 Å². The fraction of sp³-hybridized carbons (Fsp3) is 1.00. The van der Waals surface area contributed by atoms with Gasteiger partial charge >= 0.3 is 0 Å². The monoisotopic (exact) mass is 221 g/mol. The SMILES string of the molecule is CN1CN1S12CCS(N)(CC1)CC2. The maximum atomic E-state index is 6.37. The number of nitrogens with two attached hydrogens (primary N) is 1. The lowest BCUT2D eigenvalue weighted by Gasteiger charge is -2.58. The fourth-order valence-corrected chi connectivity index (χ4v) is 13.0. The first-order valence-corrected chi connectivity index (χ1v) is 9.23. The van der Waals surface area contributed by atoms with Crippen LogP contribution in [0.3, 0.4) is 0 Å². The zero-order chi connectivity index (χ0) is 9.10. The molecule has 2 atom stereocenters. The normalized spacial score (nSPS) is 69.4. The van der Waals surface area contributed by atoms with E-state index in [1.54, 1.807) is 0 Å². The van der Waals surface area contributed by atoms with Crippen molar-refractivity contribution in [2.24, 2.45) is 5.14 Å². The maximum absolute atomic E-state index is 6.37. The van der Waals surface area contributed by atoms with Crippen LogP contribution in [-0.2, 0) is 0 Å². The van der Waals surface area contributed by atoms with Crippen LogP contribution in [0.15, 0.2) is 0 Å². The number of rotatable bonds is 1. The summed E-state index contributed by atoms with van der Waals surface area (Å²) in [4.78, 5) is 0. The third-order valence-corrected chi connectivity index (χ3v) is 11.7. The number of hydrogen-bond acceptors (Lipinski definition) is 3. The Kier molecular flexibility index (Phi) is 1.76. The van der Waals surface area contributed by atoms with E-state index in [-0.39, 0.29) is 10.2 Å². The summed E-state index contributed by atoms with van der Waals surface area (Å²) in [6.45, 7) is 1.22. The van der Waals surface area contributed by atoms with Crippen molar-refractivity contribution >= 4 is 20.4 Å². The van der Waals surface area contributed by atoms with Gasteiger partial charge in [-0.2, -0.15) is 24.8 Å². The first kappa shape index (κ1) is 8.85. The molecular weight excluding hydrogens is 202 g/mol. The zero-order valence-corrected chi connectivity index (χ0v) is 9.87. The van der Waals surface area contributed by atoms with E-state index in [1.807, 2.05) is 0 Å². The lowest BCUT2D eigenvalue weighted by molar-refractivity contribution is 0.508. The summed E-state index contributed by atoms with van der Waals surface area (Å²) in [6.07, 6.45) is 0. The molecule has 0 amide bonds. The van der Waals surface area contributed by atoms with Crippen molar-refractivity contribution in [1.29, 1.82) is 0 Å². The molecule has 2 unspecified atom stereocenters. The Bertz CT molecular complexity index is 221. The van der Waals surface area contributed by atoms with E-state index >= 15 is 0 Å². The van der Waals surface area contributed by atoms with Crippen molar-refractivity contribution in [2.75, 3.05) is 48.2 Å². The van der Waals surface area contributed by atoms with Crippen LogP contribution in [0.1, 0.15) is 0 Å². The van der Waals surface area contributed by atoms with Crippen molar-refractivity contribution in [1.82, 2.24) is 9.42 Å². The van der Waals surface area contributed by atoms with Gasteiger partial charge in [-0.1, -0.05) is 0 Å². The van der Waals surface area contributed by atoms with E-state index in [9.17, 15) is 0 Å². The Labute approximate surface area is 83.5 Å². The number of hydrazine groups is 1. The van der Waals surface area contributed by atoms with Crippen LogP contribution in [0.2, 0.25) is 0 Å². The van der Waals surface area contributed by atoms with Crippen LogP contribution in [0.4, 0.5) is 0 Å². The quantitative estimate of drug-likeness (QED) is 0.656. The molecular formula is C8H19N3S2. The van der Waals surface area contributed by atoms with E-state index in [4.69, 9.17) is 5.14 Å². The summed E-state index contributed by atoms with van der Waals surface area (Å²) in [5, 5.41) is 8.76. The van der Waals surface area contributed by atoms with Gasteiger partial charge < -0.3 is 0 Å². The molecule has 4 saturated heterocycles. The highest BCUT2D eigenvalue weighted by Gasteiger charge is 2.50. The Morgan fingerprint density at radius 2 is 1.46 bits per heavy atom. The van der Waals surface area contributed by atoms with Crippen LogP contribution in [0.25, 0.3) is 0 Å². The van der Waals surface area contributed by atoms with Gasteiger partial charge in [-0.15, -0.1) is 0 Å². The minimum absolute atomic E-state index is 0.362. The molecule has 0 aliphatic carbocycles. The Balaban J connectivity index is 1.80. The van der Waals surface area contributed by atoms with E-state index in [1.165, 1.54) is 41.2 Å². The largest absolute Gasteiger partial charge is 0.294 e. The van der Waals surface area contributed by atoms with E-state index in [2.05, 4.69) is 16.5 Å². The molecule has 3 nitrogen and oxygen atoms in total. The Hall–Kier alpha value is 0.580. The van der Waals surface area contributed by atoms with Gasteiger partial charge in [0.05, 0.1) is 6.67 Å². The topological polar surface area (TPSA) is 32.0 Å². The van der Waals surface area contributed by atoms with E-state index in [0.717, 1.165) is 0 Å². The molecule has 13 heavy (non-hydrogen) atoms. The first-order valence-electron chi connectivity index (χ1n) is 4.93. The minimum atomic E-state index is -0.598. The lowest BCUT2D eigenvalue weighted by Crippen LogP contribution is -2.45. The molecule has 4 aliphatic rings.